The molecule has 3 heterocycles. The predicted molar refractivity (Wildman–Crippen MR) is 125 cm³/mol. The average molecular weight is 460 g/mol. The number of aromatic nitrogens is 3. The van der Waals surface area contributed by atoms with Crippen molar-refractivity contribution in [2.75, 3.05) is 12.0 Å². The van der Waals surface area contributed by atoms with E-state index in [9.17, 15) is 14.9 Å². The van der Waals surface area contributed by atoms with E-state index in [0.29, 0.717) is 17.7 Å². The van der Waals surface area contributed by atoms with Crippen LogP contribution in [-0.4, -0.2) is 32.3 Å². The second-order valence-electron chi connectivity index (χ2n) is 8.65. The highest BCUT2D eigenvalue weighted by Crippen LogP contribution is 2.36. The van der Waals surface area contributed by atoms with E-state index in [2.05, 4.69) is 16.4 Å². The van der Waals surface area contributed by atoms with Crippen LogP contribution in [0.25, 0.3) is 10.9 Å². The van der Waals surface area contributed by atoms with Gasteiger partial charge in [0.15, 0.2) is 12.5 Å². The third-order valence-electron chi connectivity index (χ3n) is 6.37. The van der Waals surface area contributed by atoms with Crippen LogP contribution >= 0.6 is 0 Å². The number of rotatable bonds is 6. The molecular formula is C24H25N7O3. The third kappa shape index (κ3) is 4.08. The molecule has 5 rings (SSSR count). The summed E-state index contributed by atoms with van der Waals surface area (Å²) in [7, 11) is 0. The van der Waals surface area contributed by atoms with Gasteiger partial charge in [-0.25, -0.2) is 0 Å². The molecule has 174 valence electrons. The fourth-order valence-corrected chi connectivity index (χ4v) is 4.68. The number of carbonyl (C=O) groups is 1. The number of amides is 1. The number of nitrogens with two attached hydrogens (primary N) is 1. The molecule has 1 amide bonds. The van der Waals surface area contributed by atoms with Crippen molar-refractivity contribution in [3.63, 3.8) is 0 Å². The number of nitrogens with zero attached hydrogens (tertiary/aromatic N) is 4. The summed E-state index contributed by atoms with van der Waals surface area (Å²) in [6.45, 7) is 0.834. The minimum absolute atomic E-state index is 0.0537. The molecule has 0 bridgehead atoms. The monoisotopic (exact) mass is 459 g/mol. The number of fused-ring (bicyclic) bond motifs is 1. The summed E-state index contributed by atoms with van der Waals surface area (Å²) < 4.78 is 7.11. The minimum atomic E-state index is -0.585. The first-order chi connectivity index (χ1) is 16.5. The normalized spacial score (nSPS) is 20.0. The molecule has 2 atom stereocenters. The van der Waals surface area contributed by atoms with E-state index < -0.39 is 5.91 Å². The van der Waals surface area contributed by atoms with Crippen LogP contribution in [0.1, 0.15) is 37.3 Å². The highest BCUT2D eigenvalue weighted by atomic mass is 16.5. The molecule has 0 spiro atoms. The minimum Gasteiger partial charge on any atom is -0.466 e. The Hall–Kier alpha value is -4.26. The lowest BCUT2D eigenvalue weighted by atomic mass is 9.85. The highest BCUT2D eigenvalue weighted by Gasteiger charge is 2.29. The molecule has 0 radical (unpaired) electrons. The summed E-state index contributed by atoms with van der Waals surface area (Å²) in [6.07, 6.45) is 7.01. The Kier molecular flexibility index (Phi) is 5.67. The smallest absolute Gasteiger partial charge is 0.285 e. The standard InChI is InChI=1S/C24H25N7O3/c25-11-16-3-1-2-4-18(16)31-19-9-10-27-24(33)21(19)23(29-31)28-17-7-5-15(6-8-17)12-30-13-20(22(26)32)34-14-30/h5-10,13,16,18H,1-4,12,14H2,(H2,26,32)(H,27,33)(H,28,29). The first-order valence-electron chi connectivity index (χ1n) is 11.3. The molecule has 1 aliphatic heterocycles. The molecule has 10 heteroatoms. The van der Waals surface area contributed by atoms with Crippen LogP contribution in [0.3, 0.4) is 0 Å². The van der Waals surface area contributed by atoms with E-state index in [4.69, 9.17) is 15.6 Å². The highest BCUT2D eigenvalue weighted by molar-refractivity contribution is 5.91. The van der Waals surface area contributed by atoms with Crippen molar-refractivity contribution in [2.24, 2.45) is 11.7 Å². The summed E-state index contributed by atoms with van der Waals surface area (Å²) in [5.41, 5.74) is 7.55. The van der Waals surface area contributed by atoms with Crippen LogP contribution < -0.4 is 16.6 Å². The Morgan fingerprint density at radius 1 is 1.26 bits per heavy atom. The largest absolute Gasteiger partial charge is 0.466 e. The van der Waals surface area contributed by atoms with Gasteiger partial charge < -0.3 is 25.7 Å². The number of nitriles is 1. The van der Waals surface area contributed by atoms with E-state index in [-0.39, 0.29) is 30.0 Å². The molecule has 2 aliphatic rings. The fraction of sp³-hybridized carbons (Fsp3) is 0.333. The van der Waals surface area contributed by atoms with Gasteiger partial charge in [-0.15, -0.1) is 0 Å². The number of nitrogens with one attached hydrogen (secondary N) is 2. The molecule has 1 aliphatic carbocycles. The van der Waals surface area contributed by atoms with Gasteiger partial charge in [0, 0.05) is 18.4 Å². The fourth-order valence-electron chi connectivity index (χ4n) is 4.68. The number of aromatic amines is 1. The van der Waals surface area contributed by atoms with Gasteiger partial charge in [0.05, 0.1) is 29.7 Å². The number of carbonyl (C=O) groups excluding carboxylic acids is 1. The van der Waals surface area contributed by atoms with E-state index in [1.54, 1.807) is 12.4 Å². The van der Waals surface area contributed by atoms with E-state index in [0.717, 1.165) is 42.5 Å². The molecule has 2 unspecified atom stereocenters. The Balaban J connectivity index is 1.39. The number of anilines is 2. The van der Waals surface area contributed by atoms with Gasteiger partial charge in [0.2, 0.25) is 5.76 Å². The molecule has 3 aromatic rings. The molecular weight excluding hydrogens is 434 g/mol. The van der Waals surface area contributed by atoms with Crippen LogP contribution in [0.4, 0.5) is 11.5 Å². The van der Waals surface area contributed by atoms with Crippen molar-refractivity contribution < 1.29 is 9.53 Å². The van der Waals surface area contributed by atoms with E-state index >= 15 is 0 Å². The maximum absolute atomic E-state index is 12.7. The van der Waals surface area contributed by atoms with Crippen LogP contribution in [-0.2, 0) is 16.1 Å². The lowest BCUT2D eigenvalue weighted by molar-refractivity contribution is -0.117. The van der Waals surface area contributed by atoms with Crippen molar-refractivity contribution in [3.05, 3.63) is 64.4 Å². The molecule has 34 heavy (non-hydrogen) atoms. The average Bonchev–Trinajstić information content (AvgIpc) is 3.46. The predicted octanol–water partition coefficient (Wildman–Crippen LogP) is 2.84. The van der Waals surface area contributed by atoms with Crippen molar-refractivity contribution >= 4 is 28.3 Å². The SMILES string of the molecule is N#CC1CCCCC1n1nc(Nc2ccc(CN3C=C(C(N)=O)OC3)cc2)c2c(=O)[nH]ccc21. The summed E-state index contributed by atoms with van der Waals surface area (Å²) in [4.78, 5) is 28.5. The topological polar surface area (TPSA) is 142 Å². The first kappa shape index (κ1) is 21.6. The molecule has 0 saturated heterocycles. The van der Waals surface area contributed by atoms with Gasteiger partial charge >= 0.3 is 0 Å². The molecule has 10 nitrogen and oxygen atoms in total. The zero-order valence-corrected chi connectivity index (χ0v) is 18.5. The number of pyridine rings is 1. The van der Waals surface area contributed by atoms with Crippen LogP contribution in [0, 0.1) is 17.2 Å². The Morgan fingerprint density at radius 2 is 2.06 bits per heavy atom. The van der Waals surface area contributed by atoms with Crippen LogP contribution in [0.2, 0.25) is 0 Å². The molecule has 1 saturated carbocycles. The zero-order valence-electron chi connectivity index (χ0n) is 18.5. The summed E-state index contributed by atoms with van der Waals surface area (Å²) in [5, 5.41) is 18.2. The molecule has 2 aromatic heterocycles. The van der Waals surface area contributed by atoms with Crippen molar-refractivity contribution in [1.29, 1.82) is 5.26 Å². The van der Waals surface area contributed by atoms with E-state index in [1.807, 2.05) is 39.9 Å². The maximum Gasteiger partial charge on any atom is 0.285 e. The maximum atomic E-state index is 12.7. The van der Waals surface area contributed by atoms with Crippen molar-refractivity contribution in [3.8, 4) is 6.07 Å². The molecule has 1 fully saturated rings. The Morgan fingerprint density at radius 3 is 2.79 bits per heavy atom. The lowest BCUT2D eigenvalue weighted by Crippen LogP contribution is -2.23. The third-order valence-corrected chi connectivity index (χ3v) is 6.37. The number of primary amides is 1. The number of hydrogen-bond donors (Lipinski definition) is 3. The summed E-state index contributed by atoms with van der Waals surface area (Å²) in [6, 6.07) is 11.9. The van der Waals surface area contributed by atoms with Gasteiger partial charge in [-0.1, -0.05) is 25.0 Å². The Bertz CT molecular complexity index is 1350. The summed E-state index contributed by atoms with van der Waals surface area (Å²) in [5.74, 6) is -0.0867. The van der Waals surface area contributed by atoms with Gasteiger partial charge in [-0.05, 0) is 36.6 Å². The van der Waals surface area contributed by atoms with Gasteiger partial charge in [0.1, 0.15) is 5.39 Å². The molecule has 4 N–H and O–H groups in total. The second kappa shape index (κ2) is 8.94. The van der Waals surface area contributed by atoms with Crippen LogP contribution in [0.15, 0.2) is 53.3 Å². The van der Waals surface area contributed by atoms with Crippen molar-refractivity contribution in [1.82, 2.24) is 19.7 Å². The number of hydrogen-bond acceptors (Lipinski definition) is 7. The lowest BCUT2D eigenvalue weighted by Gasteiger charge is -2.27. The molecule has 1 aromatic carbocycles. The summed E-state index contributed by atoms with van der Waals surface area (Å²) >= 11 is 0. The van der Waals surface area contributed by atoms with Crippen LogP contribution in [0.5, 0.6) is 0 Å². The number of benzene rings is 1. The second-order valence-corrected chi connectivity index (χ2v) is 8.65. The zero-order chi connectivity index (χ0) is 23.7. The number of H-pyrrole nitrogens is 1. The number of ether oxygens (including phenoxy) is 1. The van der Waals surface area contributed by atoms with Crippen molar-refractivity contribution in [2.45, 2.75) is 38.3 Å². The Labute approximate surface area is 195 Å². The van der Waals surface area contributed by atoms with Gasteiger partial charge in [-0.3, -0.25) is 14.3 Å². The quantitative estimate of drug-likeness (QED) is 0.514. The van der Waals surface area contributed by atoms with Gasteiger partial charge in [0.25, 0.3) is 11.5 Å². The van der Waals surface area contributed by atoms with Gasteiger partial charge in [-0.2, -0.15) is 10.4 Å². The van der Waals surface area contributed by atoms with E-state index in [1.165, 1.54) is 0 Å². The first-order valence-corrected chi connectivity index (χ1v) is 11.3.